The number of carbonyl (C=O) groups is 1. The van der Waals surface area contributed by atoms with Gasteiger partial charge in [0.1, 0.15) is 5.82 Å². The molecule has 0 fully saturated rings. The molecule has 0 saturated carbocycles. The third kappa shape index (κ3) is 4.38. The van der Waals surface area contributed by atoms with Crippen molar-refractivity contribution in [3.63, 3.8) is 0 Å². The Hall–Kier alpha value is -0.940. The number of hydrogen-bond acceptors (Lipinski definition) is 2. The van der Waals surface area contributed by atoms with Crippen LogP contribution in [0.3, 0.4) is 0 Å². The largest absolute Gasteiger partial charge is 0.388 e. The molecule has 0 heterocycles. The molecule has 1 aromatic carbocycles. The second-order valence-corrected chi connectivity index (χ2v) is 5.41. The van der Waals surface area contributed by atoms with Gasteiger partial charge in [-0.2, -0.15) is 0 Å². The van der Waals surface area contributed by atoms with E-state index in [-0.39, 0.29) is 16.9 Å². The van der Waals surface area contributed by atoms with E-state index in [1.54, 1.807) is 6.92 Å². The van der Waals surface area contributed by atoms with Crippen molar-refractivity contribution in [2.45, 2.75) is 32.3 Å². The third-order valence-corrected chi connectivity index (χ3v) is 3.21. The summed E-state index contributed by atoms with van der Waals surface area (Å²) in [6.45, 7) is 3.82. The molecule has 3 nitrogen and oxygen atoms in total. The van der Waals surface area contributed by atoms with E-state index in [1.165, 1.54) is 18.2 Å². The number of aliphatic hydroxyl groups is 1. The number of carbonyl (C=O) groups excluding carboxylic acids is 1. The second-order valence-electron chi connectivity index (χ2n) is 4.56. The summed E-state index contributed by atoms with van der Waals surface area (Å²) in [6.07, 6.45) is 1.45. The van der Waals surface area contributed by atoms with Crippen molar-refractivity contribution in [3.8, 4) is 0 Å². The Kier molecular flexibility index (Phi) is 5.28. The zero-order valence-corrected chi connectivity index (χ0v) is 12.1. The van der Waals surface area contributed by atoms with Gasteiger partial charge in [0.05, 0.1) is 10.1 Å². The lowest BCUT2D eigenvalue weighted by Gasteiger charge is -2.22. The van der Waals surface area contributed by atoms with Crippen LogP contribution in [0.4, 0.5) is 4.39 Å². The predicted octanol–water partition coefficient (Wildman–Crippen LogP) is 2.87. The highest BCUT2D eigenvalue weighted by molar-refractivity contribution is 9.10. The van der Waals surface area contributed by atoms with E-state index < -0.39 is 11.4 Å². The molecule has 1 aromatic rings. The van der Waals surface area contributed by atoms with Crippen molar-refractivity contribution in [2.24, 2.45) is 0 Å². The highest BCUT2D eigenvalue weighted by atomic mass is 79.9. The van der Waals surface area contributed by atoms with E-state index in [1.807, 2.05) is 6.92 Å². The Morgan fingerprint density at radius 3 is 2.78 bits per heavy atom. The van der Waals surface area contributed by atoms with Crippen molar-refractivity contribution in [2.75, 3.05) is 6.54 Å². The zero-order valence-electron chi connectivity index (χ0n) is 10.5. The molecule has 0 saturated heterocycles. The number of rotatable bonds is 5. The second kappa shape index (κ2) is 6.29. The molecule has 1 unspecified atom stereocenters. The average molecular weight is 318 g/mol. The maximum absolute atomic E-state index is 13.0. The van der Waals surface area contributed by atoms with Crippen LogP contribution in [0.5, 0.6) is 0 Å². The fraction of sp³-hybridized carbons (Fsp3) is 0.462. The van der Waals surface area contributed by atoms with E-state index in [4.69, 9.17) is 0 Å². The first-order valence-corrected chi connectivity index (χ1v) is 6.60. The predicted molar refractivity (Wildman–Crippen MR) is 72.0 cm³/mol. The molecule has 0 spiro atoms. The molecule has 2 N–H and O–H groups in total. The molecular weight excluding hydrogens is 301 g/mol. The molecule has 0 aliphatic rings. The van der Waals surface area contributed by atoms with Crippen LogP contribution in [0.1, 0.15) is 37.0 Å². The van der Waals surface area contributed by atoms with Gasteiger partial charge in [0.15, 0.2) is 0 Å². The molecule has 0 radical (unpaired) electrons. The third-order valence-electron chi connectivity index (χ3n) is 2.60. The van der Waals surface area contributed by atoms with Crippen LogP contribution >= 0.6 is 15.9 Å². The minimum absolute atomic E-state index is 0.175. The van der Waals surface area contributed by atoms with Gasteiger partial charge in [-0.1, -0.05) is 13.3 Å². The van der Waals surface area contributed by atoms with Crippen LogP contribution in [0.25, 0.3) is 0 Å². The van der Waals surface area contributed by atoms with Gasteiger partial charge in [0.2, 0.25) is 0 Å². The number of nitrogens with one attached hydrogen (secondary N) is 1. The Labute approximate surface area is 115 Å². The SMILES string of the molecule is CCCC(C)(O)CNC(=O)c1ccc(F)c(Br)c1. The first-order valence-electron chi connectivity index (χ1n) is 5.81. The maximum Gasteiger partial charge on any atom is 0.251 e. The van der Waals surface area contributed by atoms with Crippen LogP contribution < -0.4 is 5.32 Å². The molecule has 0 bridgehead atoms. The zero-order chi connectivity index (χ0) is 13.8. The van der Waals surface area contributed by atoms with Gasteiger partial charge in [0.25, 0.3) is 5.91 Å². The van der Waals surface area contributed by atoms with Crippen molar-refractivity contribution < 1.29 is 14.3 Å². The fourth-order valence-corrected chi connectivity index (χ4v) is 2.02. The van der Waals surface area contributed by atoms with Crippen LogP contribution in [0, 0.1) is 5.82 Å². The van der Waals surface area contributed by atoms with E-state index in [9.17, 15) is 14.3 Å². The lowest BCUT2D eigenvalue weighted by molar-refractivity contribution is 0.0469. The van der Waals surface area contributed by atoms with Crippen LogP contribution in [0.2, 0.25) is 0 Å². The Bertz CT molecular complexity index is 435. The summed E-state index contributed by atoms with van der Waals surface area (Å²) in [4.78, 5) is 11.8. The van der Waals surface area contributed by atoms with Gasteiger partial charge in [-0.05, 0) is 47.5 Å². The fourth-order valence-electron chi connectivity index (χ4n) is 1.64. The van der Waals surface area contributed by atoms with Crippen molar-refractivity contribution >= 4 is 21.8 Å². The van der Waals surface area contributed by atoms with Crippen molar-refractivity contribution in [3.05, 3.63) is 34.1 Å². The highest BCUT2D eigenvalue weighted by Gasteiger charge is 2.20. The molecular formula is C13H17BrFNO2. The normalized spacial score (nSPS) is 14.1. The van der Waals surface area contributed by atoms with Gasteiger partial charge in [-0.25, -0.2) is 4.39 Å². The van der Waals surface area contributed by atoms with Gasteiger partial charge in [-0.15, -0.1) is 0 Å². The summed E-state index contributed by atoms with van der Waals surface area (Å²) in [7, 11) is 0. The summed E-state index contributed by atoms with van der Waals surface area (Å²) in [5.74, 6) is -0.739. The summed E-state index contributed by atoms with van der Waals surface area (Å²) in [5.41, 5.74) is -0.558. The number of halogens is 2. The summed E-state index contributed by atoms with van der Waals surface area (Å²) >= 11 is 3.03. The topological polar surface area (TPSA) is 49.3 Å². The van der Waals surface area contributed by atoms with E-state index in [2.05, 4.69) is 21.2 Å². The number of amides is 1. The standard InChI is InChI=1S/C13H17BrFNO2/c1-3-6-13(2,18)8-16-12(17)9-4-5-11(15)10(14)7-9/h4-5,7,18H,3,6,8H2,1-2H3,(H,16,17). The molecule has 1 amide bonds. The van der Waals surface area contributed by atoms with Crippen molar-refractivity contribution in [1.29, 1.82) is 0 Å². The minimum Gasteiger partial charge on any atom is -0.388 e. The first kappa shape index (κ1) is 15.1. The summed E-state index contributed by atoms with van der Waals surface area (Å²) < 4.78 is 13.3. The smallest absolute Gasteiger partial charge is 0.251 e. The number of benzene rings is 1. The Balaban J connectivity index is 2.63. The molecule has 1 atom stereocenters. The summed E-state index contributed by atoms with van der Waals surface area (Å²) in [6, 6.07) is 4.05. The monoisotopic (exact) mass is 317 g/mol. The van der Waals surface area contributed by atoms with Gasteiger partial charge in [-0.3, -0.25) is 4.79 Å². The molecule has 18 heavy (non-hydrogen) atoms. The molecule has 0 aliphatic carbocycles. The Morgan fingerprint density at radius 2 is 2.22 bits per heavy atom. The van der Waals surface area contributed by atoms with Crippen LogP contribution in [-0.2, 0) is 0 Å². The molecule has 5 heteroatoms. The number of hydrogen-bond donors (Lipinski definition) is 2. The quantitative estimate of drug-likeness (QED) is 0.877. The molecule has 1 rings (SSSR count). The maximum atomic E-state index is 13.0. The van der Waals surface area contributed by atoms with Gasteiger partial charge >= 0.3 is 0 Å². The average Bonchev–Trinajstić information content (AvgIpc) is 2.30. The minimum atomic E-state index is -0.915. The van der Waals surface area contributed by atoms with Gasteiger partial charge < -0.3 is 10.4 Å². The lowest BCUT2D eigenvalue weighted by atomic mass is 10.0. The highest BCUT2D eigenvalue weighted by Crippen LogP contribution is 2.17. The van der Waals surface area contributed by atoms with Crippen LogP contribution in [0.15, 0.2) is 22.7 Å². The first-order chi connectivity index (χ1) is 8.35. The van der Waals surface area contributed by atoms with E-state index in [0.29, 0.717) is 12.0 Å². The molecule has 0 aromatic heterocycles. The molecule has 100 valence electrons. The Morgan fingerprint density at radius 1 is 1.56 bits per heavy atom. The molecule has 0 aliphatic heterocycles. The van der Waals surface area contributed by atoms with Crippen molar-refractivity contribution in [1.82, 2.24) is 5.32 Å². The summed E-state index contributed by atoms with van der Waals surface area (Å²) in [5, 5.41) is 12.6. The van der Waals surface area contributed by atoms with E-state index >= 15 is 0 Å². The lowest BCUT2D eigenvalue weighted by Crippen LogP contribution is -2.40. The van der Waals surface area contributed by atoms with E-state index in [0.717, 1.165) is 6.42 Å². The van der Waals surface area contributed by atoms with Gasteiger partial charge in [0, 0.05) is 12.1 Å². The van der Waals surface area contributed by atoms with Crippen LogP contribution in [-0.4, -0.2) is 23.2 Å².